The molecule has 0 fully saturated rings. The number of aromatic nitrogens is 2. The summed E-state index contributed by atoms with van der Waals surface area (Å²) in [6.07, 6.45) is 2.53. The third kappa shape index (κ3) is 3.88. The molecule has 2 rings (SSSR count). The minimum absolute atomic E-state index is 0.0178. The fourth-order valence-electron chi connectivity index (χ4n) is 2.17. The van der Waals surface area contributed by atoms with E-state index in [0.29, 0.717) is 0 Å². The first kappa shape index (κ1) is 14.7. The van der Waals surface area contributed by atoms with Gasteiger partial charge in [-0.25, -0.2) is 0 Å². The molecule has 1 N–H and O–H groups in total. The topological polar surface area (TPSA) is 50.2 Å². The second-order valence-corrected chi connectivity index (χ2v) is 5.16. The maximum Gasteiger partial charge on any atom is 0.207 e. The van der Waals surface area contributed by atoms with E-state index in [0.717, 1.165) is 43.5 Å². The van der Waals surface area contributed by atoms with E-state index in [1.807, 2.05) is 28.9 Å². The molecular weight excluding hydrogens is 252 g/mol. The summed E-state index contributed by atoms with van der Waals surface area (Å²) in [5, 5.41) is 8.34. The van der Waals surface area contributed by atoms with Gasteiger partial charge in [-0.3, -0.25) is 9.48 Å². The lowest BCUT2D eigenvalue weighted by atomic mass is 10.2. The average molecular weight is 274 g/mol. The monoisotopic (exact) mass is 274 g/mol. The molecule has 2 aromatic rings. The van der Waals surface area contributed by atoms with Crippen LogP contribution in [-0.4, -0.2) is 48.4 Å². The van der Waals surface area contributed by atoms with Gasteiger partial charge in [0.2, 0.25) is 5.43 Å². The van der Waals surface area contributed by atoms with Gasteiger partial charge in [-0.1, -0.05) is 12.1 Å². The highest BCUT2D eigenvalue weighted by atomic mass is 16.1. The second-order valence-electron chi connectivity index (χ2n) is 5.16. The predicted octanol–water partition coefficient (Wildman–Crippen LogP) is 0.938. The Kier molecular flexibility index (Phi) is 5.26. The summed E-state index contributed by atoms with van der Waals surface area (Å²) in [5.41, 5.74) is 0.880. The Balaban J connectivity index is 1.91. The zero-order valence-electron chi connectivity index (χ0n) is 12.2. The third-order valence-corrected chi connectivity index (χ3v) is 3.22. The highest BCUT2D eigenvalue weighted by molar-refractivity contribution is 5.77. The lowest BCUT2D eigenvalue weighted by Gasteiger charge is -2.11. The Morgan fingerprint density at radius 2 is 2.05 bits per heavy atom. The fraction of sp³-hybridized carbons (Fsp3) is 0.467. The zero-order valence-corrected chi connectivity index (χ0v) is 12.2. The van der Waals surface area contributed by atoms with Gasteiger partial charge in [-0.15, -0.1) is 0 Å². The summed E-state index contributed by atoms with van der Waals surface area (Å²) in [4.78, 5) is 13.9. The molecule has 0 aliphatic rings. The maximum absolute atomic E-state index is 11.7. The molecule has 0 spiro atoms. The number of para-hydroxylation sites is 1. The van der Waals surface area contributed by atoms with Gasteiger partial charge >= 0.3 is 0 Å². The minimum atomic E-state index is -0.0178. The standard InChI is InChI=1S/C15H22N4O/c1-18(2)10-5-8-16-9-11-19-14-7-4-3-6-13(14)15(20)12-17-19/h3-4,6-7,12,16H,5,8-11H2,1-2H3. The molecule has 0 atom stereocenters. The molecule has 5 nitrogen and oxygen atoms in total. The average Bonchev–Trinajstić information content (AvgIpc) is 2.45. The number of rotatable bonds is 7. The quantitative estimate of drug-likeness (QED) is 0.763. The summed E-state index contributed by atoms with van der Waals surface area (Å²) >= 11 is 0. The highest BCUT2D eigenvalue weighted by Crippen LogP contribution is 2.07. The van der Waals surface area contributed by atoms with Crippen molar-refractivity contribution in [1.29, 1.82) is 0 Å². The van der Waals surface area contributed by atoms with Crippen molar-refractivity contribution in [3.8, 4) is 0 Å². The van der Waals surface area contributed by atoms with Gasteiger partial charge in [0, 0.05) is 11.9 Å². The fourth-order valence-corrected chi connectivity index (χ4v) is 2.17. The first-order valence-electron chi connectivity index (χ1n) is 6.99. The van der Waals surface area contributed by atoms with E-state index in [4.69, 9.17) is 0 Å². The lowest BCUT2D eigenvalue weighted by Crippen LogP contribution is -2.25. The smallest absolute Gasteiger partial charge is 0.207 e. The molecule has 0 saturated carbocycles. The summed E-state index contributed by atoms with van der Waals surface area (Å²) in [7, 11) is 4.16. The maximum atomic E-state index is 11.7. The van der Waals surface area contributed by atoms with Crippen LogP contribution >= 0.6 is 0 Å². The molecule has 1 aromatic carbocycles. The Morgan fingerprint density at radius 3 is 2.85 bits per heavy atom. The van der Waals surface area contributed by atoms with Crippen LogP contribution in [0.1, 0.15) is 6.42 Å². The molecule has 1 heterocycles. The Hall–Kier alpha value is -1.72. The molecule has 20 heavy (non-hydrogen) atoms. The van der Waals surface area contributed by atoms with Crippen molar-refractivity contribution in [3.05, 3.63) is 40.7 Å². The van der Waals surface area contributed by atoms with Gasteiger partial charge in [0.05, 0.1) is 18.3 Å². The molecule has 0 aliphatic carbocycles. The van der Waals surface area contributed by atoms with Crippen molar-refractivity contribution < 1.29 is 0 Å². The summed E-state index contributed by atoms with van der Waals surface area (Å²) in [6, 6.07) is 7.61. The van der Waals surface area contributed by atoms with E-state index in [1.165, 1.54) is 6.20 Å². The Morgan fingerprint density at radius 1 is 1.25 bits per heavy atom. The van der Waals surface area contributed by atoms with Crippen LogP contribution in [0.5, 0.6) is 0 Å². The van der Waals surface area contributed by atoms with E-state index < -0.39 is 0 Å². The Bertz CT molecular complexity index is 606. The minimum Gasteiger partial charge on any atom is -0.315 e. The summed E-state index contributed by atoms with van der Waals surface area (Å²) in [5.74, 6) is 0. The van der Waals surface area contributed by atoms with Crippen LogP contribution in [0.3, 0.4) is 0 Å². The van der Waals surface area contributed by atoms with Gasteiger partial charge in [-0.2, -0.15) is 5.10 Å². The van der Waals surface area contributed by atoms with E-state index in [9.17, 15) is 4.79 Å². The molecule has 5 heteroatoms. The van der Waals surface area contributed by atoms with E-state index in [2.05, 4.69) is 29.4 Å². The molecule has 0 aliphatic heterocycles. The van der Waals surface area contributed by atoms with Crippen LogP contribution in [-0.2, 0) is 6.54 Å². The highest BCUT2D eigenvalue weighted by Gasteiger charge is 2.02. The molecule has 0 amide bonds. The van der Waals surface area contributed by atoms with Gasteiger partial charge < -0.3 is 10.2 Å². The molecular formula is C15H22N4O. The van der Waals surface area contributed by atoms with Crippen molar-refractivity contribution in [2.75, 3.05) is 33.7 Å². The first-order chi connectivity index (χ1) is 9.68. The van der Waals surface area contributed by atoms with Crippen LogP contribution in [0.25, 0.3) is 10.9 Å². The first-order valence-corrected chi connectivity index (χ1v) is 6.99. The number of hydrogen-bond acceptors (Lipinski definition) is 4. The van der Waals surface area contributed by atoms with Crippen molar-refractivity contribution in [1.82, 2.24) is 20.0 Å². The van der Waals surface area contributed by atoms with Crippen molar-refractivity contribution in [2.24, 2.45) is 0 Å². The van der Waals surface area contributed by atoms with Crippen molar-refractivity contribution in [3.63, 3.8) is 0 Å². The van der Waals surface area contributed by atoms with Crippen LogP contribution in [0.2, 0.25) is 0 Å². The normalized spacial score (nSPS) is 11.3. The SMILES string of the molecule is CN(C)CCCNCCn1ncc(=O)c2ccccc21. The van der Waals surface area contributed by atoms with Crippen molar-refractivity contribution >= 4 is 10.9 Å². The number of fused-ring (bicyclic) bond motifs is 1. The largest absolute Gasteiger partial charge is 0.315 e. The zero-order chi connectivity index (χ0) is 14.4. The van der Waals surface area contributed by atoms with Gasteiger partial charge in [-0.05, 0) is 45.7 Å². The van der Waals surface area contributed by atoms with E-state index >= 15 is 0 Å². The molecule has 0 unspecified atom stereocenters. The van der Waals surface area contributed by atoms with Gasteiger partial charge in [0.25, 0.3) is 0 Å². The van der Waals surface area contributed by atoms with Gasteiger partial charge in [0.1, 0.15) is 0 Å². The number of nitrogens with zero attached hydrogens (tertiary/aromatic N) is 3. The van der Waals surface area contributed by atoms with E-state index in [1.54, 1.807) is 0 Å². The lowest BCUT2D eigenvalue weighted by molar-refractivity contribution is 0.393. The van der Waals surface area contributed by atoms with Crippen LogP contribution in [0.4, 0.5) is 0 Å². The predicted molar refractivity (Wildman–Crippen MR) is 82.0 cm³/mol. The molecule has 0 radical (unpaired) electrons. The Labute approximate surface area is 119 Å². The molecule has 0 bridgehead atoms. The molecule has 108 valence electrons. The summed E-state index contributed by atoms with van der Waals surface area (Å²) < 4.78 is 1.88. The summed E-state index contributed by atoms with van der Waals surface area (Å²) in [6.45, 7) is 3.71. The molecule has 0 saturated heterocycles. The van der Waals surface area contributed by atoms with Crippen molar-refractivity contribution in [2.45, 2.75) is 13.0 Å². The molecule has 1 aromatic heterocycles. The number of nitrogens with one attached hydrogen (secondary N) is 1. The van der Waals surface area contributed by atoms with E-state index in [-0.39, 0.29) is 5.43 Å². The number of hydrogen-bond donors (Lipinski definition) is 1. The third-order valence-electron chi connectivity index (χ3n) is 3.22. The number of benzene rings is 1. The van der Waals surface area contributed by atoms with Crippen LogP contribution in [0, 0.1) is 0 Å². The van der Waals surface area contributed by atoms with Crippen LogP contribution < -0.4 is 10.7 Å². The second kappa shape index (κ2) is 7.17. The van der Waals surface area contributed by atoms with Crippen LogP contribution in [0.15, 0.2) is 35.3 Å². The van der Waals surface area contributed by atoms with Gasteiger partial charge in [0.15, 0.2) is 0 Å².